The monoisotopic (exact) mass is 264 g/mol. The van der Waals surface area contributed by atoms with Gasteiger partial charge in [0, 0.05) is 11.7 Å². The molecule has 1 aromatic carbocycles. The van der Waals surface area contributed by atoms with Gasteiger partial charge >= 0.3 is 6.03 Å². The summed E-state index contributed by atoms with van der Waals surface area (Å²) < 4.78 is 13.0. The highest BCUT2D eigenvalue weighted by Crippen LogP contribution is 2.18. The molecule has 0 saturated heterocycles. The number of carbonyl (C=O) groups excluding carboxylic acids is 1. The summed E-state index contributed by atoms with van der Waals surface area (Å²) in [7, 11) is 0. The number of benzene rings is 1. The van der Waals surface area contributed by atoms with E-state index < -0.39 is 0 Å². The lowest BCUT2D eigenvalue weighted by atomic mass is 10.1. The van der Waals surface area contributed by atoms with E-state index in [4.69, 9.17) is 0 Å². The first-order valence-corrected chi connectivity index (χ1v) is 6.99. The fourth-order valence-electron chi connectivity index (χ4n) is 2.53. The van der Waals surface area contributed by atoms with Gasteiger partial charge in [-0.25, -0.2) is 9.18 Å². The lowest BCUT2D eigenvalue weighted by molar-refractivity contribution is 0.247. The zero-order chi connectivity index (χ0) is 13.7. The molecule has 1 aliphatic carbocycles. The smallest absolute Gasteiger partial charge is 0.319 e. The van der Waals surface area contributed by atoms with Crippen molar-refractivity contribution in [3.8, 4) is 0 Å². The van der Waals surface area contributed by atoms with E-state index >= 15 is 0 Å². The second-order valence-electron chi connectivity index (χ2n) is 5.25. The molecule has 0 heterocycles. The van der Waals surface area contributed by atoms with Crippen molar-refractivity contribution >= 4 is 11.7 Å². The van der Waals surface area contributed by atoms with Crippen LogP contribution in [0.25, 0.3) is 0 Å². The van der Waals surface area contributed by atoms with Crippen LogP contribution in [0.15, 0.2) is 18.2 Å². The van der Waals surface area contributed by atoms with Crippen LogP contribution in [0.4, 0.5) is 14.9 Å². The maximum atomic E-state index is 13.0. The van der Waals surface area contributed by atoms with Crippen LogP contribution in [-0.4, -0.2) is 12.1 Å². The van der Waals surface area contributed by atoms with Crippen LogP contribution < -0.4 is 10.6 Å². The molecular formula is C15H21FN2O. The first-order chi connectivity index (χ1) is 9.15. The van der Waals surface area contributed by atoms with Gasteiger partial charge in [0.2, 0.25) is 0 Å². The molecule has 2 amide bonds. The molecule has 0 radical (unpaired) electrons. The topological polar surface area (TPSA) is 41.1 Å². The van der Waals surface area contributed by atoms with Crippen molar-refractivity contribution in [2.45, 2.75) is 51.5 Å². The predicted molar refractivity (Wildman–Crippen MR) is 74.8 cm³/mol. The Kier molecular flexibility index (Phi) is 4.77. The van der Waals surface area contributed by atoms with Gasteiger partial charge in [0.1, 0.15) is 5.82 Å². The first kappa shape index (κ1) is 13.8. The largest absolute Gasteiger partial charge is 0.335 e. The molecule has 1 aromatic rings. The number of hydrogen-bond acceptors (Lipinski definition) is 1. The molecule has 2 rings (SSSR count). The molecule has 1 aliphatic rings. The third-order valence-corrected chi connectivity index (χ3v) is 3.63. The molecule has 0 spiro atoms. The lowest BCUT2D eigenvalue weighted by Gasteiger charge is -2.17. The molecule has 2 N–H and O–H groups in total. The van der Waals surface area contributed by atoms with Gasteiger partial charge in [-0.1, -0.05) is 25.7 Å². The van der Waals surface area contributed by atoms with Crippen LogP contribution >= 0.6 is 0 Å². The standard InChI is InChI=1S/C15H21FN2O/c1-11-10-12(16)8-9-14(11)18-15(19)17-13-6-4-2-3-5-7-13/h8-10,13H,2-7H2,1H3,(H2,17,18,19). The molecule has 1 fully saturated rings. The zero-order valence-corrected chi connectivity index (χ0v) is 11.3. The Morgan fingerprint density at radius 1 is 1.21 bits per heavy atom. The van der Waals surface area contributed by atoms with Crippen molar-refractivity contribution in [1.29, 1.82) is 0 Å². The van der Waals surface area contributed by atoms with Gasteiger partial charge in [0.25, 0.3) is 0 Å². The Labute approximate surface area is 113 Å². The highest BCUT2D eigenvalue weighted by molar-refractivity contribution is 5.90. The second kappa shape index (κ2) is 6.55. The molecule has 0 aliphatic heterocycles. The average molecular weight is 264 g/mol. The van der Waals surface area contributed by atoms with Crippen LogP contribution in [0.1, 0.15) is 44.1 Å². The van der Waals surface area contributed by atoms with Gasteiger partial charge in [0.05, 0.1) is 0 Å². The normalized spacial score (nSPS) is 16.7. The highest BCUT2D eigenvalue weighted by atomic mass is 19.1. The quantitative estimate of drug-likeness (QED) is 0.779. The molecule has 0 unspecified atom stereocenters. The van der Waals surface area contributed by atoms with Crippen LogP contribution in [0, 0.1) is 12.7 Å². The number of amides is 2. The van der Waals surface area contributed by atoms with Crippen LogP contribution in [0.5, 0.6) is 0 Å². The fraction of sp³-hybridized carbons (Fsp3) is 0.533. The number of anilines is 1. The van der Waals surface area contributed by atoms with Gasteiger partial charge in [-0.2, -0.15) is 0 Å². The SMILES string of the molecule is Cc1cc(F)ccc1NC(=O)NC1CCCCCC1. The summed E-state index contributed by atoms with van der Waals surface area (Å²) in [6.07, 6.45) is 6.99. The number of hydrogen-bond donors (Lipinski definition) is 2. The molecule has 0 bridgehead atoms. The molecule has 104 valence electrons. The Balaban J connectivity index is 1.89. The van der Waals surface area contributed by atoms with Crippen molar-refractivity contribution in [2.75, 3.05) is 5.32 Å². The Hall–Kier alpha value is -1.58. The summed E-state index contributed by atoms with van der Waals surface area (Å²) in [4.78, 5) is 11.9. The number of aryl methyl sites for hydroxylation is 1. The molecule has 1 saturated carbocycles. The number of nitrogens with one attached hydrogen (secondary N) is 2. The second-order valence-corrected chi connectivity index (χ2v) is 5.25. The summed E-state index contributed by atoms with van der Waals surface area (Å²) in [5.41, 5.74) is 1.39. The van der Waals surface area contributed by atoms with Crippen molar-refractivity contribution < 1.29 is 9.18 Å². The zero-order valence-electron chi connectivity index (χ0n) is 11.3. The van der Waals surface area contributed by atoms with Crippen molar-refractivity contribution in [1.82, 2.24) is 5.32 Å². The minimum Gasteiger partial charge on any atom is -0.335 e. The Bertz CT molecular complexity index is 440. The number of urea groups is 1. The van der Waals surface area contributed by atoms with Gasteiger partial charge < -0.3 is 10.6 Å². The summed E-state index contributed by atoms with van der Waals surface area (Å²) >= 11 is 0. The average Bonchev–Trinajstić information content (AvgIpc) is 2.61. The Morgan fingerprint density at radius 3 is 2.53 bits per heavy atom. The van der Waals surface area contributed by atoms with Gasteiger partial charge in [-0.05, 0) is 43.5 Å². The van der Waals surface area contributed by atoms with Gasteiger partial charge in [0.15, 0.2) is 0 Å². The summed E-state index contributed by atoms with van der Waals surface area (Å²) in [5, 5.41) is 5.79. The number of halogens is 1. The highest BCUT2D eigenvalue weighted by Gasteiger charge is 2.15. The van der Waals surface area contributed by atoms with Crippen molar-refractivity contribution in [3.05, 3.63) is 29.6 Å². The van der Waals surface area contributed by atoms with E-state index in [0.717, 1.165) is 18.4 Å². The molecular weight excluding hydrogens is 243 g/mol. The third-order valence-electron chi connectivity index (χ3n) is 3.63. The first-order valence-electron chi connectivity index (χ1n) is 6.99. The maximum absolute atomic E-state index is 13.0. The predicted octanol–water partition coefficient (Wildman–Crippen LogP) is 3.98. The van der Waals surface area contributed by atoms with Gasteiger partial charge in [-0.3, -0.25) is 0 Å². The van der Waals surface area contributed by atoms with Gasteiger partial charge in [-0.15, -0.1) is 0 Å². The van der Waals surface area contributed by atoms with Crippen molar-refractivity contribution in [2.24, 2.45) is 0 Å². The van der Waals surface area contributed by atoms with Crippen LogP contribution in [-0.2, 0) is 0 Å². The molecule has 19 heavy (non-hydrogen) atoms. The number of rotatable bonds is 2. The van der Waals surface area contributed by atoms with Crippen LogP contribution in [0.2, 0.25) is 0 Å². The fourth-order valence-corrected chi connectivity index (χ4v) is 2.53. The van der Waals surface area contributed by atoms with Crippen LogP contribution in [0.3, 0.4) is 0 Å². The minimum atomic E-state index is -0.285. The maximum Gasteiger partial charge on any atom is 0.319 e. The van der Waals surface area contributed by atoms with E-state index in [-0.39, 0.29) is 17.9 Å². The molecule has 0 aromatic heterocycles. The van der Waals surface area contributed by atoms with E-state index in [0.29, 0.717) is 5.69 Å². The molecule has 4 heteroatoms. The minimum absolute atomic E-state index is 0.193. The summed E-state index contributed by atoms with van der Waals surface area (Å²) in [6, 6.07) is 4.44. The molecule has 0 atom stereocenters. The molecule has 3 nitrogen and oxygen atoms in total. The summed E-state index contributed by atoms with van der Waals surface area (Å²) in [5.74, 6) is -0.285. The third kappa shape index (κ3) is 4.23. The Morgan fingerprint density at radius 2 is 1.89 bits per heavy atom. The van der Waals surface area contributed by atoms with E-state index in [1.54, 1.807) is 13.0 Å². The summed E-state index contributed by atoms with van der Waals surface area (Å²) in [6.45, 7) is 1.78. The van der Waals surface area contributed by atoms with E-state index in [9.17, 15) is 9.18 Å². The number of carbonyl (C=O) groups is 1. The lowest BCUT2D eigenvalue weighted by Crippen LogP contribution is -2.37. The van der Waals surface area contributed by atoms with E-state index in [1.165, 1.54) is 37.8 Å². The van der Waals surface area contributed by atoms with E-state index in [1.807, 2.05) is 0 Å². The van der Waals surface area contributed by atoms with Crippen molar-refractivity contribution in [3.63, 3.8) is 0 Å². The van der Waals surface area contributed by atoms with E-state index in [2.05, 4.69) is 10.6 Å².